The van der Waals surface area contributed by atoms with Crippen LogP contribution in [0.15, 0.2) is 43.0 Å². The maximum Gasteiger partial charge on any atom is 0.358 e. The Bertz CT molecular complexity index is 615. The Labute approximate surface area is 110 Å². The number of carboxylic acids is 1. The zero-order chi connectivity index (χ0) is 13.7. The highest BCUT2D eigenvalue weighted by Gasteiger charge is 2.15. The molecule has 2 aromatic rings. The third kappa shape index (κ3) is 2.95. The van der Waals surface area contributed by atoms with Crippen LogP contribution < -0.4 is 0 Å². The maximum atomic E-state index is 11.1. The second kappa shape index (κ2) is 5.77. The van der Waals surface area contributed by atoms with Gasteiger partial charge in [-0.25, -0.2) is 9.48 Å². The number of rotatable bonds is 5. The van der Waals surface area contributed by atoms with E-state index in [2.05, 4.69) is 16.9 Å². The van der Waals surface area contributed by atoms with Crippen LogP contribution >= 0.6 is 0 Å². The number of aromatic carboxylic acids is 1. The molecule has 5 nitrogen and oxygen atoms in total. The molecule has 0 aliphatic heterocycles. The van der Waals surface area contributed by atoms with Crippen molar-refractivity contribution in [3.8, 4) is 0 Å². The molecule has 0 amide bonds. The Morgan fingerprint density at radius 2 is 2.05 bits per heavy atom. The van der Waals surface area contributed by atoms with Gasteiger partial charge in [-0.15, -0.1) is 11.7 Å². The zero-order valence-electron chi connectivity index (χ0n) is 10.2. The van der Waals surface area contributed by atoms with Crippen LogP contribution in [0.4, 0.5) is 0 Å². The second-order valence-electron chi connectivity index (χ2n) is 3.84. The Morgan fingerprint density at radius 3 is 2.68 bits per heavy atom. The molecule has 96 valence electrons. The molecule has 0 spiro atoms. The minimum atomic E-state index is -1.09. The molecule has 5 heteroatoms. The number of hydrogen-bond acceptors (Lipinski definition) is 3. The normalized spacial score (nSPS) is 10.7. The lowest BCUT2D eigenvalue weighted by molar-refractivity contribution is 0.0690. The molecule has 0 radical (unpaired) electrons. The molecule has 1 heterocycles. The Kier molecular flexibility index (Phi) is 3.87. The summed E-state index contributed by atoms with van der Waals surface area (Å²) in [4.78, 5) is 11.1. The average Bonchev–Trinajstić information content (AvgIpc) is 2.81. The molecule has 0 aliphatic rings. The lowest BCUT2D eigenvalue weighted by Crippen LogP contribution is -2.03. The van der Waals surface area contributed by atoms with Crippen molar-refractivity contribution in [3.63, 3.8) is 0 Å². The van der Waals surface area contributed by atoms with Crippen molar-refractivity contribution >= 4 is 18.1 Å². The van der Waals surface area contributed by atoms with Gasteiger partial charge in [-0.3, -0.25) is 0 Å². The van der Waals surface area contributed by atoms with Crippen LogP contribution in [0, 0.1) is 0 Å². The number of benzene rings is 1. The molecule has 0 saturated carbocycles. The van der Waals surface area contributed by atoms with Crippen molar-refractivity contribution in [2.75, 3.05) is 0 Å². The van der Waals surface area contributed by atoms with Crippen molar-refractivity contribution in [2.45, 2.75) is 6.54 Å². The predicted molar refractivity (Wildman–Crippen MR) is 72.5 cm³/mol. The highest BCUT2D eigenvalue weighted by Crippen LogP contribution is 2.11. The molecule has 2 rings (SSSR count). The van der Waals surface area contributed by atoms with Gasteiger partial charge in [0.15, 0.2) is 5.69 Å². The van der Waals surface area contributed by atoms with Gasteiger partial charge in [0.25, 0.3) is 0 Å². The van der Waals surface area contributed by atoms with Gasteiger partial charge in [0.2, 0.25) is 0 Å². The van der Waals surface area contributed by atoms with Gasteiger partial charge in [-0.05, 0) is 11.6 Å². The van der Waals surface area contributed by atoms with Crippen molar-refractivity contribution in [2.24, 2.45) is 0 Å². The van der Waals surface area contributed by atoms with Crippen molar-refractivity contribution in [3.05, 3.63) is 59.9 Å². The SMILES string of the molecule is C=CCn1nnc(C(=O)O)c1/C=C/c1ccccc1. The van der Waals surface area contributed by atoms with Crippen LogP contribution in [-0.4, -0.2) is 26.1 Å². The molecule has 0 saturated heterocycles. The molecule has 19 heavy (non-hydrogen) atoms. The Hall–Kier alpha value is -2.69. The highest BCUT2D eigenvalue weighted by atomic mass is 16.4. The van der Waals surface area contributed by atoms with Crippen LogP contribution in [0.2, 0.25) is 0 Å². The van der Waals surface area contributed by atoms with Crippen molar-refractivity contribution < 1.29 is 9.90 Å². The third-order valence-electron chi connectivity index (χ3n) is 2.51. The van der Waals surface area contributed by atoms with E-state index in [4.69, 9.17) is 5.11 Å². The Balaban J connectivity index is 2.37. The third-order valence-corrected chi connectivity index (χ3v) is 2.51. The van der Waals surface area contributed by atoms with E-state index in [1.54, 1.807) is 12.2 Å². The minimum absolute atomic E-state index is 0.0611. The highest BCUT2D eigenvalue weighted by molar-refractivity contribution is 5.90. The first kappa shape index (κ1) is 12.8. The Morgan fingerprint density at radius 1 is 1.32 bits per heavy atom. The first-order valence-electron chi connectivity index (χ1n) is 5.73. The smallest absolute Gasteiger partial charge is 0.358 e. The van der Waals surface area contributed by atoms with E-state index in [-0.39, 0.29) is 5.69 Å². The average molecular weight is 255 g/mol. The summed E-state index contributed by atoms with van der Waals surface area (Å²) in [5, 5.41) is 16.5. The van der Waals surface area contributed by atoms with Crippen molar-refractivity contribution in [1.29, 1.82) is 0 Å². The number of hydrogen-bond donors (Lipinski definition) is 1. The summed E-state index contributed by atoms with van der Waals surface area (Å²) in [5.74, 6) is -1.09. The molecule has 0 unspecified atom stereocenters. The van der Waals surface area contributed by atoms with Crippen LogP contribution in [0.25, 0.3) is 12.2 Å². The molecule has 0 bridgehead atoms. The van der Waals surface area contributed by atoms with Crippen molar-refractivity contribution in [1.82, 2.24) is 15.0 Å². The van der Waals surface area contributed by atoms with Gasteiger partial charge >= 0.3 is 5.97 Å². The van der Waals surface area contributed by atoms with Gasteiger partial charge in [0.05, 0.1) is 12.2 Å². The summed E-state index contributed by atoms with van der Waals surface area (Å²) >= 11 is 0. The van der Waals surface area contributed by atoms with E-state index < -0.39 is 5.97 Å². The lowest BCUT2D eigenvalue weighted by Gasteiger charge is -1.99. The summed E-state index contributed by atoms with van der Waals surface area (Å²) in [6.07, 6.45) is 5.16. The first-order valence-corrected chi connectivity index (χ1v) is 5.73. The summed E-state index contributed by atoms with van der Waals surface area (Å²) < 4.78 is 1.50. The zero-order valence-corrected chi connectivity index (χ0v) is 10.2. The summed E-state index contributed by atoms with van der Waals surface area (Å²) in [7, 11) is 0. The quantitative estimate of drug-likeness (QED) is 0.832. The van der Waals surface area contributed by atoms with E-state index in [9.17, 15) is 4.79 Å². The summed E-state index contributed by atoms with van der Waals surface area (Å²) in [5.41, 5.74) is 1.37. The van der Waals surface area contributed by atoms with Gasteiger partial charge in [0, 0.05) is 0 Å². The predicted octanol–water partition coefficient (Wildman–Crippen LogP) is 2.33. The van der Waals surface area contributed by atoms with Gasteiger partial charge in [-0.1, -0.05) is 47.7 Å². The van der Waals surface area contributed by atoms with E-state index in [0.717, 1.165) is 5.56 Å². The second-order valence-corrected chi connectivity index (χ2v) is 3.84. The lowest BCUT2D eigenvalue weighted by atomic mass is 10.2. The molecular weight excluding hydrogens is 242 g/mol. The first-order chi connectivity index (χ1) is 9.22. The number of allylic oxidation sites excluding steroid dienone is 1. The van der Waals surface area contributed by atoms with Crippen LogP contribution in [-0.2, 0) is 6.54 Å². The van der Waals surface area contributed by atoms with E-state index in [1.807, 2.05) is 36.4 Å². The van der Waals surface area contributed by atoms with Gasteiger partial charge in [-0.2, -0.15) is 0 Å². The number of carbonyl (C=O) groups is 1. The molecule has 0 atom stereocenters. The van der Waals surface area contributed by atoms with Gasteiger partial charge < -0.3 is 5.11 Å². The van der Waals surface area contributed by atoms with Crippen LogP contribution in [0.3, 0.4) is 0 Å². The molecule has 0 aliphatic carbocycles. The molecule has 1 N–H and O–H groups in total. The monoisotopic (exact) mass is 255 g/mol. The molecule has 1 aromatic carbocycles. The summed E-state index contributed by atoms with van der Waals surface area (Å²) in [6.45, 7) is 4.02. The fraction of sp³-hybridized carbons (Fsp3) is 0.0714. The standard InChI is InChI=1S/C14H13N3O2/c1-2-10-17-12(13(14(18)19)15-16-17)9-8-11-6-4-3-5-7-11/h2-9H,1,10H2,(H,18,19)/b9-8+. The van der Waals surface area contributed by atoms with Crippen LogP contribution in [0.5, 0.6) is 0 Å². The number of aromatic nitrogens is 3. The largest absolute Gasteiger partial charge is 0.476 e. The molecule has 0 fully saturated rings. The van der Waals surface area contributed by atoms with Gasteiger partial charge in [0.1, 0.15) is 0 Å². The van der Waals surface area contributed by atoms with Crippen LogP contribution in [0.1, 0.15) is 21.7 Å². The fourth-order valence-corrected chi connectivity index (χ4v) is 1.63. The minimum Gasteiger partial charge on any atom is -0.476 e. The summed E-state index contributed by atoms with van der Waals surface area (Å²) in [6, 6.07) is 9.61. The topological polar surface area (TPSA) is 68.0 Å². The maximum absolute atomic E-state index is 11.1. The number of carboxylic acid groups (broad SMARTS) is 1. The van der Waals surface area contributed by atoms with E-state index >= 15 is 0 Å². The molecular formula is C14H13N3O2. The van der Waals surface area contributed by atoms with E-state index in [0.29, 0.717) is 12.2 Å². The number of nitrogens with zero attached hydrogens (tertiary/aromatic N) is 3. The molecule has 1 aromatic heterocycles. The van der Waals surface area contributed by atoms with E-state index in [1.165, 1.54) is 4.68 Å². The fourth-order valence-electron chi connectivity index (χ4n) is 1.63.